The third-order valence-electron chi connectivity index (χ3n) is 14.6. The summed E-state index contributed by atoms with van der Waals surface area (Å²) in [5, 5.41) is 14.5. The van der Waals surface area contributed by atoms with Crippen LogP contribution in [-0.4, -0.2) is 92.1 Å². The number of pyridine rings is 1. The van der Waals surface area contributed by atoms with Crippen LogP contribution in [0.2, 0.25) is 0 Å². The molecule has 6 heterocycles. The molecule has 2 saturated heterocycles. The highest BCUT2D eigenvalue weighted by Crippen LogP contribution is 2.37. The Hall–Kier alpha value is -7.50. The van der Waals surface area contributed by atoms with E-state index in [0.29, 0.717) is 71.9 Å². The first-order valence-corrected chi connectivity index (χ1v) is 26.7. The van der Waals surface area contributed by atoms with Crippen LogP contribution >= 0.6 is 11.3 Å². The minimum absolute atomic E-state index is 0.0879. The van der Waals surface area contributed by atoms with Gasteiger partial charge in [-0.2, -0.15) is 5.10 Å². The number of nitrogens with zero attached hydrogens (tertiary/aromatic N) is 6. The summed E-state index contributed by atoms with van der Waals surface area (Å²) in [5.41, 5.74) is 7.35. The number of thiazole rings is 1. The van der Waals surface area contributed by atoms with Crippen LogP contribution in [0.3, 0.4) is 0 Å². The summed E-state index contributed by atoms with van der Waals surface area (Å²) in [6, 6.07) is 29.2. The topological polar surface area (TPSA) is 190 Å². The lowest BCUT2D eigenvalue weighted by Gasteiger charge is -2.37. The second-order valence-corrected chi connectivity index (χ2v) is 22.1. The van der Waals surface area contributed by atoms with Crippen LogP contribution in [0, 0.1) is 12.8 Å². The number of ether oxygens (including phenoxy) is 2. The molecule has 3 aliphatic rings. The van der Waals surface area contributed by atoms with Gasteiger partial charge >= 0.3 is 5.97 Å². The van der Waals surface area contributed by atoms with E-state index in [1.54, 1.807) is 4.68 Å². The Morgan fingerprint density at radius 3 is 2.52 bits per heavy atom. The number of piperidine rings is 2. The molecule has 0 saturated carbocycles. The Bertz CT molecular complexity index is 3330. The largest absolute Gasteiger partial charge is 0.493 e. The van der Waals surface area contributed by atoms with Crippen LogP contribution in [0.15, 0.2) is 91.0 Å². The van der Waals surface area contributed by atoms with Crippen molar-refractivity contribution in [1.82, 2.24) is 30.0 Å². The van der Waals surface area contributed by atoms with Crippen molar-refractivity contribution in [2.75, 3.05) is 41.8 Å². The molecule has 3 aliphatic heterocycles. The number of benzene rings is 4. The molecule has 4 aromatic carbocycles. The number of amides is 4. The first-order chi connectivity index (χ1) is 36.0. The van der Waals surface area contributed by atoms with Gasteiger partial charge in [0, 0.05) is 54.8 Å². The molecule has 0 spiro atoms. The monoisotopic (exact) mass is 1030 g/mol. The SMILES string of the molecule is Cc1c(OCCC[C@H]2CCN(CC(=O)Nc3ccc4c(C5CCC(=O)NC5=O)nn(C)c4c3)[C@H](C)C2)cccc1-c1ccc(N2CCc3cccc(C(=O)Nc4nc5ccccc5s4)c3C2)nc1C(=O)OC(C)(C)C. The summed E-state index contributed by atoms with van der Waals surface area (Å²) in [7, 11) is 1.81. The second kappa shape index (κ2) is 21.4. The highest BCUT2D eigenvalue weighted by molar-refractivity contribution is 7.22. The van der Waals surface area contributed by atoms with Crippen LogP contribution in [-0.2, 0) is 39.1 Å². The van der Waals surface area contributed by atoms with E-state index >= 15 is 0 Å². The summed E-state index contributed by atoms with van der Waals surface area (Å²) in [4.78, 5) is 79.5. The molecular weight excluding hydrogens is 967 g/mol. The van der Waals surface area contributed by atoms with Gasteiger partial charge < -0.3 is 19.7 Å². The van der Waals surface area contributed by atoms with Gasteiger partial charge in [0.05, 0.1) is 40.5 Å². The second-order valence-electron chi connectivity index (χ2n) is 21.0. The standard InChI is InChI=1S/C58H63N9O7S/c1-34-30-36(25-27-66(34)33-51(69)59-38-19-20-42-46(31-38)65(6)64-52(42)43-22-24-50(68)62-55(43)71)12-11-29-73-47-17-10-14-39(35(47)2)40-21-23-49(61-53(40)56(72)74-58(3,4)5)67-28-26-37-13-9-15-41(44(37)32-67)54(70)63-57-60-45-16-7-8-18-48(45)75-57/h7-10,13-21,23,31,34,36,43H,11-12,22,24-30,32-33H2,1-6H3,(H,59,69)(H,60,63,70)(H,62,68,71)/t34-,36+,43?/m1/s1. The molecule has 17 heteroatoms. The first kappa shape index (κ1) is 51.0. The van der Waals surface area contributed by atoms with Gasteiger partial charge in [-0.3, -0.25) is 39.4 Å². The molecule has 3 N–H and O–H groups in total. The van der Waals surface area contributed by atoms with Gasteiger partial charge in [0.15, 0.2) is 10.8 Å². The van der Waals surface area contributed by atoms with Crippen molar-refractivity contribution in [1.29, 1.82) is 0 Å². The molecule has 3 aromatic heterocycles. The Labute approximate surface area is 440 Å². The smallest absolute Gasteiger partial charge is 0.358 e. The van der Waals surface area contributed by atoms with Crippen molar-refractivity contribution in [3.8, 4) is 16.9 Å². The average Bonchev–Trinajstić information content (AvgIpc) is 3.96. The molecule has 0 bridgehead atoms. The lowest BCUT2D eigenvalue weighted by Crippen LogP contribution is -2.44. The van der Waals surface area contributed by atoms with Gasteiger partial charge in [-0.05, 0) is 162 Å². The van der Waals surface area contributed by atoms with Crippen molar-refractivity contribution >= 4 is 78.7 Å². The van der Waals surface area contributed by atoms with Crippen molar-refractivity contribution in [2.45, 2.75) is 104 Å². The summed E-state index contributed by atoms with van der Waals surface area (Å²) in [6.07, 6.45) is 5.22. The lowest BCUT2D eigenvalue weighted by atomic mass is 9.88. The van der Waals surface area contributed by atoms with Crippen LogP contribution < -0.4 is 25.6 Å². The van der Waals surface area contributed by atoms with Crippen LogP contribution in [0.1, 0.15) is 115 Å². The Morgan fingerprint density at radius 1 is 0.893 bits per heavy atom. The molecule has 75 heavy (non-hydrogen) atoms. The maximum atomic E-state index is 14.1. The third kappa shape index (κ3) is 11.3. The number of carbonyl (C=O) groups is 5. The normalized spacial score (nSPS) is 18.2. The zero-order valence-corrected chi connectivity index (χ0v) is 44.1. The highest BCUT2D eigenvalue weighted by Gasteiger charge is 2.33. The fourth-order valence-electron chi connectivity index (χ4n) is 10.8. The number of likely N-dealkylation sites (tertiary alicyclic amines) is 1. The minimum atomic E-state index is -0.753. The average molecular weight is 1030 g/mol. The zero-order chi connectivity index (χ0) is 52.5. The predicted molar refractivity (Wildman–Crippen MR) is 291 cm³/mol. The van der Waals surface area contributed by atoms with Crippen molar-refractivity contribution in [3.63, 3.8) is 0 Å². The molecular formula is C58H63N9O7S. The number of carbonyl (C=O) groups excluding carboxylic acids is 5. The number of nitrogens with one attached hydrogen (secondary N) is 3. The van der Waals surface area contributed by atoms with Crippen molar-refractivity contribution in [3.05, 3.63) is 125 Å². The number of fused-ring (bicyclic) bond motifs is 3. The zero-order valence-electron chi connectivity index (χ0n) is 43.3. The Balaban J connectivity index is 0.749. The van der Waals surface area contributed by atoms with E-state index in [4.69, 9.17) is 14.5 Å². The summed E-state index contributed by atoms with van der Waals surface area (Å²) < 4.78 is 15.1. The van der Waals surface area contributed by atoms with E-state index in [2.05, 4.69) is 48.8 Å². The van der Waals surface area contributed by atoms with Crippen LogP contribution in [0.25, 0.3) is 32.2 Å². The van der Waals surface area contributed by atoms with E-state index in [9.17, 15) is 24.0 Å². The highest BCUT2D eigenvalue weighted by atomic mass is 32.1. The maximum absolute atomic E-state index is 14.1. The number of hydrogen-bond donors (Lipinski definition) is 3. The summed E-state index contributed by atoms with van der Waals surface area (Å²) in [6.45, 7) is 12.4. The molecule has 0 aliphatic carbocycles. The van der Waals surface area contributed by atoms with Gasteiger partial charge in [0.25, 0.3) is 5.91 Å². The van der Waals surface area contributed by atoms with Gasteiger partial charge in [-0.25, -0.2) is 14.8 Å². The molecule has 1 unspecified atom stereocenters. The Morgan fingerprint density at radius 2 is 1.72 bits per heavy atom. The van der Waals surface area contributed by atoms with Crippen molar-refractivity contribution in [2.24, 2.45) is 13.0 Å². The molecule has 16 nitrogen and oxygen atoms in total. The number of aryl methyl sites for hydroxylation is 1. The van der Waals surface area contributed by atoms with Gasteiger partial charge in [0.2, 0.25) is 17.7 Å². The molecule has 10 rings (SSSR count). The molecule has 388 valence electrons. The van der Waals surface area contributed by atoms with E-state index < -0.39 is 17.5 Å². The quantitative estimate of drug-likeness (QED) is 0.0532. The summed E-state index contributed by atoms with van der Waals surface area (Å²) in [5.74, 6) is -0.0611. The minimum Gasteiger partial charge on any atom is -0.493 e. The molecule has 2 fully saturated rings. The van der Waals surface area contributed by atoms with Crippen LogP contribution in [0.4, 0.5) is 16.6 Å². The Kier molecular flexibility index (Phi) is 14.5. The predicted octanol–water partition coefficient (Wildman–Crippen LogP) is 9.74. The first-order valence-electron chi connectivity index (χ1n) is 25.9. The molecule has 0 radical (unpaired) electrons. The number of esters is 1. The lowest BCUT2D eigenvalue weighted by molar-refractivity contribution is -0.134. The fraction of sp³-hybridized carbons (Fsp3) is 0.379. The van der Waals surface area contributed by atoms with Crippen LogP contribution in [0.5, 0.6) is 5.75 Å². The number of rotatable bonds is 14. The van der Waals surface area contributed by atoms with Gasteiger partial charge in [-0.15, -0.1) is 0 Å². The molecule has 7 aromatic rings. The number of aromatic nitrogens is 4. The van der Waals surface area contributed by atoms with Crippen molar-refractivity contribution < 1.29 is 33.4 Å². The van der Waals surface area contributed by atoms with E-state index in [-0.39, 0.29) is 48.3 Å². The maximum Gasteiger partial charge on any atom is 0.358 e. The van der Waals surface area contributed by atoms with E-state index in [1.807, 2.05) is 120 Å². The van der Waals surface area contributed by atoms with E-state index in [1.165, 1.54) is 11.3 Å². The fourth-order valence-corrected chi connectivity index (χ4v) is 11.7. The molecule has 4 amide bonds. The number of imide groups is 1. The molecule has 3 atom stereocenters. The number of anilines is 3. The van der Waals surface area contributed by atoms with E-state index in [0.717, 1.165) is 81.4 Å². The third-order valence-corrected chi connectivity index (χ3v) is 15.6. The number of para-hydroxylation sites is 1. The summed E-state index contributed by atoms with van der Waals surface area (Å²) >= 11 is 1.44. The number of hydrogen-bond acceptors (Lipinski definition) is 13. The van der Waals surface area contributed by atoms with Gasteiger partial charge in [-0.1, -0.05) is 47.7 Å². The van der Waals surface area contributed by atoms with Gasteiger partial charge in [0.1, 0.15) is 17.2 Å².